The van der Waals surface area contributed by atoms with Crippen LogP contribution in [-0.4, -0.2) is 114 Å². The zero-order valence-electron chi connectivity index (χ0n) is 36.0. The highest BCUT2D eigenvalue weighted by atomic mass is 32.2. The van der Waals surface area contributed by atoms with E-state index in [0.717, 1.165) is 42.1 Å². The molecule has 5 aliphatic rings. The fraction of sp³-hybridized carbons (Fsp3) is 0.667. The lowest BCUT2D eigenvalue weighted by atomic mass is 9.69. The molecule has 10 unspecified atom stereocenters. The van der Waals surface area contributed by atoms with E-state index in [9.17, 15) is 28.2 Å². The summed E-state index contributed by atoms with van der Waals surface area (Å²) >= 11 is 0. The number of amides is 2. The molecule has 14 heteroatoms. The predicted molar refractivity (Wildman–Crippen MR) is 228 cm³/mol. The zero-order valence-corrected chi connectivity index (χ0v) is 36.8. The number of dihydropyridines is 1. The van der Waals surface area contributed by atoms with Crippen molar-refractivity contribution in [3.8, 4) is 0 Å². The molecule has 3 aliphatic heterocycles. The van der Waals surface area contributed by atoms with Crippen LogP contribution in [0.15, 0.2) is 71.6 Å². The third-order valence-corrected chi connectivity index (χ3v) is 15.0. The molecule has 1 aromatic carbocycles. The molecular formula is C45H67N5O8S. The van der Waals surface area contributed by atoms with Gasteiger partial charge in [0.2, 0.25) is 21.8 Å². The topological polar surface area (TPSA) is 170 Å². The molecule has 2 aliphatic carbocycles. The Morgan fingerprint density at radius 2 is 1.80 bits per heavy atom. The molecule has 1 saturated carbocycles. The lowest BCUT2D eigenvalue weighted by molar-refractivity contribution is -0.144. The summed E-state index contributed by atoms with van der Waals surface area (Å²) in [6, 6.07) is 7.91. The van der Waals surface area contributed by atoms with Crippen molar-refractivity contribution in [2.24, 2.45) is 34.1 Å². The Balaban J connectivity index is 1.33. The Labute approximate surface area is 351 Å². The van der Waals surface area contributed by atoms with Gasteiger partial charge in [-0.3, -0.25) is 19.5 Å². The highest BCUT2D eigenvalue weighted by Gasteiger charge is 2.51. The average Bonchev–Trinajstić information content (AvgIpc) is 3.98. The van der Waals surface area contributed by atoms with Crippen molar-refractivity contribution in [3.05, 3.63) is 72.2 Å². The monoisotopic (exact) mass is 837 g/mol. The normalized spacial score (nSPS) is 29.1. The Morgan fingerprint density at radius 3 is 2.41 bits per heavy atom. The SMILES string of the molecule is C=CC(C)C(NC(=O)C1CC(OC2=CC(c3ccccc3)=NC3(C)C=C(OC)CC(C)C23)CN1C(O)C(CC(=O)N1CCCCC1)C(C)(C)C)C(O)NS(=O)(=O)C1CC1. The minimum absolute atomic E-state index is 0.0169. The minimum Gasteiger partial charge on any atom is -0.501 e. The predicted octanol–water partition coefficient (Wildman–Crippen LogP) is 4.87. The second-order valence-electron chi connectivity index (χ2n) is 18.8. The maximum absolute atomic E-state index is 14.7. The molecule has 3 fully saturated rings. The molecule has 0 radical (unpaired) electrons. The fourth-order valence-corrected chi connectivity index (χ4v) is 10.9. The third-order valence-electron chi connectivity index (χ3n) is 13.1. The van der Waals surface area contributed by atoms with Crippen LogP contribution in [0.5, 0.6) is 0 Å². The standard InChI is InChI=1S/C45H67N5O8S/c1-9-28(2)40(42(53)48-59(55,56)33-18-19-33)46-41(52)36-23-32(27-50(36)43(54)34(44(4,5)6)24-38(51)49-20-14-11-15-21-49)58-37-25-35(30-16-12-10-13-17-30)47-45(7)26-31(57-8)22-29(3)39(37)45/h9-10,12-13,16-17,25-26,28-29,32-34,36,39-40,42-43,48,53-54H,1,11,14-15,18-24,27H2,2-8H3,(H,46,52). The molecule has 0 bridgehead atoms. The van der Waals surface area contributed by atoms with Crippen molar-refractivity contribution in [1.29, 1.82) is 0 Å². The lowest BCUT2D eigenvalue weighted by Gasteiger charge is -2.44. The Kier molecular flexibility index (Phi) is 13.9. The van der Waals surface area contributed by atoms with Gasteiger partial charge in [0.1, 0.15) is 24.3 Å². The number of hydrogen-bond donors (Lipinski definition) is 4. The Morgan fingerprint density at radius 1 is 1.12 bits per heavy atom. The largest absolute Gasteiger partial charge is 0.501 e. The number of piperidine rings is 1. The van der Waals surface area contributed by atoms with Crippen molar-refractivity contribution in [1.82, 2.24) is 19.8 Å². The number of nitrogens with one attached hydrogen (secondary N) is 2. The van der Waals surface area contributed by atoms with Crippen LogP contribution in [0.25, 0.3) is 0 Å². The second-order valence-corrected chi connectivity index (χ2v) is 20.8. The van der Waals surface area contributed by atoms with Gasteiger partial charge in [0, 0.05) is 56.8 Å². The molecule has 0 aromatic heterocycles. The summed E-state index contributed by atoms with van der Waals surface area (Å²) in [5.74, 6) is -0.0348. The van der Waals surface area contributed by atoms with E-state index in [0.29, 0.717) is 32.4 Å². The summed E-state index contributed by atoms with van der Waals surface area (Å²) in [4.78, 5) is 37.3. The van der Waals surface area contributed by atoms with Gasteiger partial charge in [0.25, 0.3) is 0 Å². The summed E-state index contributed by atoms with van der Waals surface area (Å²) in [6.45, 7) is 17.4. The smallest absolute Gasteiger partial charge is 0.237 e. The molecular weight excluding hydrogens is 771 g/mol. The van der Waals surface area contributed by atoms with Gasteiger partial charge in [0.05, 0.1) is 41.5 Å². The van der Waals surface area contributed by atoms with E-state index in [1.165, 1.54) is 0 Å². The number of aliphatic hydroxyl groups is 2. The van der Waals surface area contributed by atoms with E-state index in [1.807, 2.05) is 62.1 Å². The maximum atomic E-state index is 14.7. The van der Waals surface area contributed by atoms with E-state index in [2.05, 4.69) is 36.5 Å². The lowest BCUT2D eigenvalue weighted by Crippen LogP contribution is -2.59. The van der Waals surface area contributed by atoms with Crippen LogP contribution in [0.3, 0.4) is 0 Å². The number of allylic oxidation sites excluding steroid dienone is 2. The van der Waals surface area contributed by atoms with Gasteiger partial charge < -0.3 is 29.9 Å². The number of benzene rings is 1. The number of methoxy groups -OCH3 is 1. The second kappa shape index (κ2) is 18.2. The number of likely N-dealkylation sites (tertiary alicyclic amines) is 2. The first kappa shape index (κ1) is 45.0. The van der Waals surface area contributed by atoms with E-state index >= 15 is 0 Å². The first-order chi connectivity index (χ1) is 27.8. The summed E-state index contributed by atoms with van der Waals surface area (Å²) in [7, 11) is -2.12. The van der Waals surface area contributed by atoms with Crippen LogP contribution < -0.4 is 10.0 Å². The number of carbonyl (C=O) groups excluding carboxylic acids is 2. The van der Waals surface area contributed by atoms with Crippen molar-refractivity contribution < 1.29 is 37.7 Å². The molecule has 10 atom stereocenters. The first-order valence-corrected chi connectivity index (χ1v) is 23.0. The number of fused-ring (bicyclic) bond motifs is 1. The van der Waals surface area contributed by atoms with Crippen LogP contribution in [-0.2, 0) is 29.1 Å². The number of hydrogen-bond acceptors (Lipinski definition) is 10. The van der Waals surface area contributed by atoms with Crippen LogP contribution in [0, 0.1) is 29.1 Å². The number of sulfonamides is 1. The molecule has 6 rings (SSSR count). The van der Waals surface area contributed by atoms with Gasteiger partial charge >= 0.3 is 0 Å². The van der Waals surface area contributed by atoms with Crippen molar-refractivity contribution in [2.45, 2.75) is 134 Å². The molecule has 2 amide bonds. The van der Waals surface area contributed by atoms with Gasteiger partial charge in [-0.05, 0) is 67.9 Å². The van der Waals surface area contributed by atoms with E-state index in [-0.39, 0.29) is 37.1 Å². The number of aliphatic imine (C=N–C) groups is 1. The number of nitrogens with zero attached hydrogens (tertiary/aromatic N) is 3. The van der Waals surface area contributed by atoms with Gasteiger partial charge in [-0.1, -0.05) is 71.0 Å². The Hall–Kier alpha value is -3.56. The number of rotatable bonds is 16. The van der Waals surface area contributed by atoms with Gasteiger partial charge in [-0.15, -0.1) is 6.58 Å². The first-order valence-electron chi connectivity index (χ1n) is 21.5. The maximum Gasteiger partial charge on any atom is 0.237 e. The van der Waals surface area contributed by atoms with E-state index < -0.39 is 74.6 Å². The van der Waals surface area contributed by atoms with Crippen molar-refractivity contribution in [2.75, 3.05) is 26.7 Å². The molecule has 59 heavy (non-hydrogen) atoms. The molecule has 3 heterocycles. The molecule has 2 saturated heterocycles. The van der Waals surface area contributed by atoms with Crippen LogP contribution in [0.1, 0.15) is 98.5 Å². The average molecular weight is 838 g/mol. The molecule has 326 valence electrons. The molecule has 0 spiro atoms. The van der Waals surface area contributed by atoms with Gasteiger partial charge in [0.15, 0.2) is 0 Å². The fourth-order valence-electron chi connectivity index (χ4n) is 9.50. The summed E-state index contributed by atoms with van der Waals surface area (Å²) in [5, 5.41) is 26.1. The summed E-state index contributed by atoms with van der Waals surface area (Å²) in [5.41, 5.74) is 0.484. The molecule has 13 nitrogen and oxygen atoms in total. The van der Waals surface area contributed by atoms with Crippen molar-refractivity contribution in [3.63, 3.8) is 0 Å². The quantitative estimate of drug-likeness (QED) is 0.134. The number of aliphatic hydroxyl groups excluding tert-OH is 2. The zero-order chi connectivity index (χ0) is 42.9. The summed E-state index contributed by atoms with van der Waals surface area (Å²) < 4.78 is 40.9. The highest BCUT2D eigenvalue weighted by molar-refractivity contribution is 7.90. The third kappa shape index (κ3) is 10.3. The number of ether oxygens (including phenoxy) is 2. The van der Waals surface area contributed by atoms with Crippen LogP contribution >= 0.6 is 0 Å². The minimum atomic E-state index is -3.79. The summed E-state index contributed by atoms with van der Waals surface area (Å²) in [6.07, 6.45) is 7.24. The van der Waals surface area contributed by atoms with E-state index in [1.54, 1.807) is 25.0 Å². The molecule has 4 N–H and O–H groups in total. The van der Waals surface area contributed by atoms with Crippen LogP contribution in [0.2, 0.25) is 0 Å². The van der Waals surface area contributed by atoms with E-state index in [4.69, 9.17) is 14.5 Å². The number of carbonyl (C=O) groups is 2. The molecule has 1 aromatic rings. The van der Waals surface area contributed by atoms with Gasteiger partial charge in [-0.25, -0.2) is 8.42 Å². The van der Waals surface area contributed by atoms with Gasteiger partial charge in [-0.2, -0.15) is 4.72 Å². The Bertz CT molecular complexity index is 1890. The highest BCUT2D eigenvalue weighted by Crippen LogP contribution is 2.47. The van der Waals surface area contributed by atoms with Crippen molar-refractivity contribution >= 4 is 27.5 Å². The van der Waals surface area contributed by atoms with Crippen LogP contribution in [0.4, 0.5) is 0 Å².